The Kier molecular flexibility index (Phi) is 1.74. The van der Waals surface area contributed by atoms with Crippen molar-refractivity contribution in [1.29, 1.82) is 5.26 Å². The molecule has 0 radical (unpaired) electrons. The van der Waals surface area contributed by atoms with E-state index in [-0.39, 0.29) is 5.54 Å². The van der Waals surface area contributed by atoms with E-state index in [9.17, 15) is 0 Å². The molecule has 0 aliphatic heterocycles. The molecule has 1 aromatic rings. The lowest BCUT2D eigenvalue weighted by Crippen LogP contribution is -2.21. The molecular formula is C9H12N2. The third kappa shape index (κ3) is 1.43. The predicted molar refractivity (Wildman–Crippen MR) is 44.1 cm³/mol. The molecule has 0 fully saturated rings. The van der Waals surface area contributed by atoms with Gasteiger partial charge in [0.1, 0.15) is 11.8 Å². The average Bonchev–Trinajstić information content (AvgIpc) is 2.31. The van der Waals surface area contributed by atoms with Crippen LogP contribution < -0.4 is 0 Å². The van der Waals surface area contributed by atoms with Crippen LogP contribution >= 0.6 is 0 Å². The monoisotopic (exact) mass is 148 g/mol. The first kappa shape index (κ1) is 7.87. The van der Waals surface area contributed by atoms with Crippen molar-refractivity contribution >= 4 is 0 Å². The third-order valence-corrected chi connectivity index (χ3v) is 1.59. The van der Waals surface area contributed by atoms with Crippen LogP contribution in [0.3, 0.4) is 0 Å². The van der Waals surface area contributed by atoms with Gasteiger partial charge in [-0.3, -0.25) is 0 Å². The van der Waals surface area contributed by atoms with E-state index in [0.717, 1.165) is 5.69 Å². The molecule has 0 amide bonds. The Bertz CT molecular complexity index is 283. The quantitative estimate of drug-likeness (QED) is 0.554. The van der Waals surface area contributed by atoms with Gasteiger partial charge in [0, 0.05) is 11.7 Å². The standard InChI is InChI=1S/C9H12N2/c1-9(2,3)11-6-4-5-8(11)7-10/h4-6H,1-3H3. The van der Waals surface area contributed by atoms with Gasteiger partial charge in [0.2, 0.25) is 0 Å². The maximum atomic E-state index is 8.70. The molecule has 0 N–H and O–H groups in total. The molecule has 1 heterocycles. The number of hydrogen-bond acceptors (Lipinski definition) is 1. The van der Waals surface area contributed by atoms with E-state index in [1.807, 2.05) is 22.9 Å². The van der Waals surface area contributed by atoms with E-state index in [1.165, 1.54) is 0 Å². The summed E-state index contributed by atoms with van der Waals surface area (Å²) in [4.78, 5) is 0. The summed E-state index contributed by atoms with van der Waals surface area (Å²) in [6.07, 6.45) is 1.93. The minimum absolute atomic E-state index is 0.00850. The van der Waals surface area contributed by atoms with Crippen LogP contribution in [-0.4, -0.2) is 4.57 Å². The second-order valence-corrected chi connectivity index (χ2v) is 3.55. The van der Waals surface area contributed by atoms with Crippen LogP contribution in [0.1, 0.15) is 26.5 Å². The van der Waals surface area contributed by atoms with Crippen LogP contribution in [0.2, 0.25) is 0 Å². The fourth-order valence-corrected chi connectivity index (χ4v) is 1.06. The largest absolute Gasteiger partial charge is 0.334 e. The lowest BCUT2D eigenvalue weighted by atomic mass is 10.1. The Morgan fingerprint density at radius 2 is 2.09 bits per heavy atom. The van der Waals surface area contributed by atoms with Gasteiger partial charge in [0.15, 0.2) is 0 Å². The minimum atomic E-state index is 0.00850. The summed E-state index contributed by atoms with van der Waals surface area (Å²) >= 11 is 0. The van der Waals surface area contributed by atoms with Crippen molar-refractivity contribution in [3.05, 3.63) is 24.0 Å². The SMILES string of the molecule is CC(C)(C)n1cccc1C#N. The van der Waals surface area contributed by atoms with Crippen LogP contribution in [0, 0.1) is 11.3 Å². The van der Waals surface area contributed by atoms with Crippen molar-refractivity contribution in [3.63, 3.8) is 0 Å². The molecule has 0 unspecified atom stereocenters. The summed E-state index contributed by atoms with van der Waals surface area (Å²) in [5.41, 5.74) is 0.728. The smallest absolute Gasteiger partial charge is 0.120 e. The van der Waals surface area contributed by atoms with E-state index < -0.39 is 0 Å². The molecule has 1 rings (SSSR count). The highest BCUT2D eigenvalue weighted by atomic mass is 15.0. The van der Waals surface area contributed by atoms with Gasteiger partial charge in [-0.25, -0.2) is 0 Å². The van der Waals surface area contributed by atoms with Gasteiger partial charge in [0.05, 0.1) is 0 Å². The van der Waals surface area contributed by atoms with Crippen LogP contribution in [0.25, 0.3) is 0 Å². The Morgan fingerprint density at radius 3 is 2.45 bits per heavy atom. The van der Waals surface area contributed by atoms with Gasteiger partial charge < -0.3 is 4.57 Å². The fraction of sp³-hybridized carbons (Fsp3) is 0.444. The van der Waals surface area contributed by atoms with Crippen molar-refractivity contribution in [1.82, 2.24) is 4.57 Å². The van der Waals surface area contributed by atoms with Crippen LogP contribution in [0.5, 0.6) is 0 Å². The number of hydrogen-bond donors (Lipinski definition) is 0. The molecule has 0 aromatic carbocycles. The van der Waals surface area contributed by atoms with Crippen molar-refractivity contribution in [2.45, 2.75) is 26.3 Å². The maximum absolute atomic E-state index is 8.70. The summed E-state index contributed by atoms with van der Waals surface area (Å²) < 4.78 is 1.97. The fourth-order valence-electron chi connectivity index (χ4n) is 1.06. The number of rotatable bonds is 0. The Balaban J connectivity index is 3.15. The van der Waals surface area contributed by atoms with Gasteiger partial charge in [0.25, 0.3) is 0 Å². The first-order chi connectivity index (χ1) is 5.05. The summed E-state index contributed by atoms with van der Waals surface area (Å²) in [5.74, 6) is 0. The highest BCUT2D eigenvalue weighted by Crippen LogP contribution is 2.16. The van der Waals surface area contributed by atoms with Gasteiger partial charge in [-0.2, -0.15) is 5.26 Å². The van der Waals surface area contributed by atoms with E-state index in [4.69, 9.17) is 5.26 Å². The average molecular weight is 148 g/mol. The lowest BCUT2D eigenvalue weighted by molar-refractivity contribution is 0.395. The van der Waals surface area contributed by atoms with Gasteiger partial charge in [-0.05, 0) is 32.9 Å². The molecule has 58 valence electrons. The molecular weight excluding hydrogens is 136 g/mol. The van der Waals surface area contributed by atoms with Crippen molar-refractivity contribution in [2.75, 3.05) is 0 Å². The van der Waals surface area contributed by atoms with Crippen LogP contribution in [0.4, 0.5) is 0 Å². The first-order valence-corrected chi connectivity index (χ1v) is 3.63. The molecule has 0 saturated carbocycles. The van der Waals surface area contributed by atoms with E-state index >= 15 is 0 Å². The summed E-state index contributed by atoms with van der Waals surface area (Å²) in [6.45, 7) is 6.23. The zero-order valence-electron chi connectivity index (χ0n) is 7.13. The molecule has 11 heavy (non-hydrogen) atoms. The Morgan fingerprint density at radius 1 is 1.45 bits per heavy atom. The van der Waals surface area contributed by atoms with Gasteiger partial charge >= 0.3 is 0 Å². The normalized spacial score (nSPS) is 11.1. The highest BCUT2D eigenvalue weighted by Gasteiger charge is 2.14. The summed E-state index contributed by atoms with van der Waals surface area (Å²) in [7, 11) is 0. The predicted octanol–water partition coefficient (Wildman–Crippen LogP) is 2.11. The van der Waals surface area contributed by atoms with Crippen molar-refractivity contribution < 1.29 is 0 Å². The van der Waals surface area contributed by atoms with Gasteiger partial charge in [-0.15, -0.1) is 0 Å². The van der Waals surface area contributed by atoms with Crippen molar-refractivity contribution in [2.24, 2.45) is 0 Å². The van der Waals surface area contributed by atoms with Crippen LogP contribution in [-0.2, 0) is 5.54 Å². The zero-order chi connectivity index (χ0) is 8.48. The molecule has 0 aliphatic carbocycles. The van der Waals surface area contributed by atoms with E-state index in [1.54, 1.807) is 0 Å². The lowest BCUT2D eigenvalue weighted by Gasteiger charge is -2.21. The third-order valence-electron chi connectivity index (χ3n) is 1.59. The Labute approximate surface area is 67.1 Å². The highest BCUT2D eigenvalue weighted by molar-refractivity contribution is 5.23. The molecule has 0 atom stereocenters. The van der Waals surface area contributed by atoms with Crippen molar-refractivity contribution in [3.8, 4) is 6.07 Å². The van der Waals surface area contributed by atoms with E-state index in [2.05, 4.69) is 26.8 Å². The topological polar surface area (TPSA) is 28.7 Å². The number of aromatic nitrogens is 1. The second kappa shape index (κ2) is 2.43. The number of nitrogens with zero attached hydrogens (tertiary/aromatic N) is 2. The molecule has 0 spiro atoms. The molecule has 0 saturated heterocycles. The molecule has 1 aromatic heterocycles. The summed E-state index contributed by atoms with van der Waals surface area (Å²) in [5, 5.41) is 8.70. The minimum Gasteiger partial charge on any atom is -0.334 e. The molecule has 2 nitrogen and oxygen atoms in total. The maximum Gasteiger partial charge on any atom is 0.120 e. The first-order valence-electron chi connectivity index (χ1n) is 3.63. The van der Waals surface area contributed by atoms with E-state index in [0.29, 0.717) is 0 Å². The summed E-state index contributed by atoms with van der Waals surface area (Å²) in [6, 6.07) is 5.86. The second-order valence-electron chi connectivity index (χ2n) is 3.55. The molecule has 2 heteroatoms. The number of nitriles is 1. The van der Waals surface area contributed by atoms with Crippen LogP contribution in [0.15, 0.2) is 18.3 Å². The molecule has 0 bridgehead atoms. The zero-order valence-corrected chi connectivity index (χ0v) is 7.13. The Hall–Kier alpha value is -1.23. The van der Waals surface area contributed by atoms with Gasteiger partial charge in [-0.1, -0.05) is 0 Å². The molecule has 0 aliphatic rings.